The summed E-state index contributed by atoms with van der Waals surface area (Å²) in [5.74, 6) is -0.218. The lowest BCUT2D eigenvalue weighted by molar-refractivity contribution is -0.274. The number of carbonyl (C=O) groups is 1. The van der Waals surface area contributed by atoms with Crippen molar-refractivity contribution in [3.63, 3.8) is 0 Å². The molecule has 1 aliphatic rings. The molecule has 1 aromatic heterocycles. The van der Waals surface area contributed by atoms with Gasteiger partial charge in [-0.1, -0.05) is 0 Å². The van der Waals surface area contributed by atoms with Gasteiger partial charge in [0.2, 0.25) is 5.95 Å². The number of benzene rings is 1. The number of amides is 1. The van der Waals surface area contributed by atoms with Gasteiger partial charge in [0.15, 0.2) is 5.82 Å². The standard InChI is InChI=1S/C17H18F3N5O4/c1-27-16-23-13(22-15(24-16)25-6-8-28-9-7-25)10-21-14(26)11-2-4-12(5-3-11)29-17(18,19)20/h2-5H,6-10H2,1H3,(H,21,26). The smallest absolute Gasteiger partial charge is 0.467 e. The number of carbonyl (C=O) groups excluding carboxylic acids is 1. The molecule has 0 saturated carbocycles. The van der Waals surface area contributed by atoms with Gasteiger partial charge in [-0.25, -0.2) is 0 Å². The lowest BCUT2D eigenvalue weighted by Gasteiger charge is -2.26. The second-order valence-electron chi connectivity index (χ2n) is 5.89. The molecule has 12 heteroatoms. The van der Waals surface area contributed by atoms with E-state index in [1.54, 1.807) is 0 Å². The number of nitrogens with one attached hydrogen (secondary N) is 1. The van der Waals surface area contributed by atoms with E-state index in [0.29, 0.717) is 32.3 Å². The fourth-order valence-electron chi connectivity index (χ4n) is 2.53. The quantitative estimate of drug-likeness (QED) is 0.762. The summed E-state index contributed by atoms with van der Waals surface area (Å²) >= 11 is 0. The number of rotatable bonds is 6. The van der Waals surface area contributed by atoms with E-state index in [1.807, 2.05) is 4.90 Å². The van der Waals surface area contributed by atoms with Crippen LogP contribution in [0.1, 0.15) is 16.2 Å². The third kappa shape index (κ3) is 5.91. The largest absolute Gasteiger partial charge is 0.573 e. The number of anilines is 1. The highest BCUT2D eigenvalue weighted by Gasteiger charge is 2.31. The molecular weight excluding hydrogens is 395 g/mol. The summed E-state index contributed by atoms with van der Waals surface area (Å²) < 4.78 is 50.8. The first-order valence-electron chi connectivity index (χ1n) is 8.60. The Bertz CT molecular complexity index is 842. The Morgan fingerprint density at radius 1 is 1.17 bits per heavy atom. The monoisotopic (exact) mass is 413 g/mol. The molecule has 0 unspecified atom stereocenters. The average molecular weight is 413 g/mol. The van der Waals surface area contributed by atoms with Crippen molar-refractivity contribution < 1.29 is 32.2 Å². The van der Waals surface area contributed by atoms with E-state index in [2.05, 4.69) is 25.0 Å². The Morgan fingerprint density at radius 3 is 2.48 bits per heavy atom. The van der Waals surface area contributed by atoms with Crippen LogP contribution in [0, 0.1) is 0 Å². The van der Waals surface area contributed by atoms with Gasteiger partial charge in [0, 0.05) is 18.7 Å². The molecule has 3 rings (SSSR count). The minimum absolute atomic E-state index is 0.0180. The molecule has 2 heterocycles. The summed E-state index contributed by atoms with van der Waals surface area (Å²) in [7, 11) is 1.42. The predicted molar refractivity (Wildman–Crippen MR) is 93.7 cm³/mol. The van der Waals surface area contributed by atoms with Gasteiger partial charge in [0.05, 0.1) is 26.9 Å². The number of alkyl halides is 3. The number of hydrogen-bond donors (Lipinski definition) is 1. The van der Waals surface area contributed by atoms with Crippen LogP contribution in [0.4, 0.5) is 19.1 Å². The summed E-state index contributed by atoms with van der Waals surface area (Å²) in [4.78, 5) is 26.8. The van der Waals surface area contributed by atoms with Gasteiger partial charge in [-0.15, -0.1) is 13.2 Å². The molecule has 1 fully saturated rings. The van der Waals surface area contributed by atoms with Crippen LogP contribution in [0.25, 0.3) is 0 Å². The van der Waals surface area contributed by atoms with Gasteiger partial charge < -0.3 is 24.4 Å². The number of halogens is 3. The minimum Gasteiger partial charge on any atom is -0.467 e. The highest BCUT2D eigenvalue weighted by atomic mass is 19.4. The third-order valence-electron chi connectivity index (χ3n) is 3.88. The van der Waals surface area contributed by atoms with Crippen LogP contribution in [-0.4, -0.2) is 60.6 Å². The molecule has 156 valence electrons. The summed E-state index contributed by atoms with van der Waals surface area (Å²) in [5.41, 5.74) is 0.161. The van der Waals surface area contributed by atoms with Crippen LogP contribution < -0.4 is 19.7 Å². The normalized spacial score (nSPS) is 14.4. The van der Waals surface area contributed by atoms with Crippen LogP contribution in [0.2, 0.25) is 0 Å². The van der Waals surface area contributed by atoms with Crippen LogP contribution in [0.5, 0.6) is 11.8 Å². The maximum Gasteiger partial charge on any atom is 0.573 e. The number of morpholine rings is 1. The molecule has 1 N–H and O–H groups in total. The fourth-order valence-corrected chi connectivity index (χ4v) is 2.53. The lowest BCUT2D eigenvalue weighted by atomic mass is 10.2. The summed E-state index contributed by atoms with van der Waals surface area (Å²) in [6.45, 7) is 2.31. The van der Waals surface area contributed by atoms with E-state index in [4.69, 9.17) is 9.47 Å². The molecule has 1 aliphatic heterocycles. The van der Waals surface area contributed by atoms with Crippen molar-refractivity contribution in [3.8, 4) is 11.8 Å². The first kappa shape index (κ1) is 20.6. The van der Waals surface area contributed by atoms with Gasteiger partial charge in [-0.2, -0.15) is 15.0 Å². The molecule has 1 amide bonds. The zero-order chi connectivity index (χ0) is 20.9. The maximum absolute atomic E-state index is 12.3. The van der Waals surface area contributed by atoms with Crippen molar-refractivity contribution in [1.82, 2.24) is 20.3 Å². The Morgan fingerprint density at radius 2 is 1.86 bits per heavy atom. The Kier molecular flexibility index (Phi) is 6.32. The van der Waals surface area contributed by atoms with E-state index in [0.717, 1.165) is 12.1 Å². The Labute approximate surface area is 163 Å². The topological polar surface area (TPSA) is 98.7 Å². The van der Waals surface area contributed by atoms with Crippen LogP contribution in [-0.2, 0) is 11.3 Å². The van der Waals surface area contributed by atoms with Crippen molar-refractivity contribution >= 4 is 11.9 Å². The minimum atomic E-state index is -4.79. The number of nitrogens with zero attached hydrogens (tertiary/aromatic N) is 4. The Balaban J connectivity index is 1.64. The molecule has 9 nitrogen and oxygen atoms in total. The first-order chi connectivity index (χ1) is 13.8. The SMILES string of the molecule is COc1nc(CNC(=O)c2ccc(OC(F)(F)F)cc2)nc(N2CCOCC2)n1. The molecule has 0 spiro atoms. The van der Waals surface area contributed by atoms with E-state index >= 15 is 0 Å². The average Bonchev–Trinajstić information content (AvgIpc) is 2.72. The highest BCUT2D eigenvalue weighted by Crippen LogP contribution is 2.22. The van der Waals surface area contributed by atoms with Gasteiger partial charge in [-0.05, 0) is 24.3 Å². The molecule has 0 aliphatic carbocycles. The zero-order valence-corrected chi connectivity index (χ0v) is 15.4. The number of methoxy groups -OCH3 is 1. The number of ether oxygens (including phenoxy) is 3. The molecular formula is C17H18F3N5O4. The maximum atomic E-state index is 12.3. The van der Waals surface area contributed by atoms with Gasteiger partial charge >= 0.3 is 12.4 Å². The van der Waals surface area contributed by atoms with Crippen LogP contribution in [0.15, 0.2) is 24.3 Å². The van der Waals surface area contributed by atoms with E-state index < -0.39 is 18.0 Å². The van der Waals surface area contributed by atoms with Crippen molar-refractivity contribution in [2.75, 3.05) is 38.3 Å². The van der Waals surface area contributed by atoms with Crippen molar-refractivity contribution in [1.29, 1.82) is 0 Å². The number of aromatic nitrogens is 3. The predicted octanol–water partition coefficient (Wildman–Crippen LogP) is 1.55. The first-order valence-corrected chi connectivity index (χ1v) is 8.60. The van der Waals surface area contributed by atoms with Crippen LogP contribution in [0.3, 0.4) is 0 Å². The molecule has 2 aromatic rings. The van der Waals surface area contributed by atoms with Crippen molar-refractivity contribution in [2.45, 2.75) is 12.9 Å². The van der Waals surface area contributed by atoms with Gasteiger partial charge in [0.25, 0.3) is 5.91 Å². The second-order valence-corrected chi connectivity index (χ2v) is 5.89. The molecule has 0 radical (unpaired) electrons. The lowest BCUT2D eigenvalue weighted by Crippen LogP contribution is -2.37. The van der Waals surface area contributed by atoms with Crippen molar-refractivity contribution in [3.05, 3.63) is 35.7 Å². The van der Waals surface area contributed by atoms with Gasteiger partial charge in [-0.3, -0.25) is 4.79 Å². The van der Waals surface area contributed by atoms with Gasteiger partial charge in [0.1, 0.15) is 5.75 Å². The van der Waals surface area contributed by atoms with E-state index in [9.17, 15) is 18.0 Å². The summed E-state index contributed by atoms with van der Waals surface area (Å²) in [6, 6.07) is 4.68. The van der Waals surface area contributed by atoms with E-state index in [1.165, 1.54) is 19.2 Å². The number of hydrogen-bond acceptors (Lipinski definition) is 8. The molecule has 29 heavy (non-hydrogen) atoms. The summed E-state index contributed by atoms with van der Waals surface area (Å²) in [5, 5.41) is 2.61. The molecule has 1 aromatic carbocycles. The Hall–Kier alpha value is -3.15. The fraction of sp³-hybridized carbons (Fsp3) is 0.412. The zero-order valence-electron chi connectivity index (χ0n) is 15.4. The van der Waals surface area contributed by atoms with E-state index in [-0.39, 0.29) is 23.9 Å². The summed E-state index contributed by atoms with van der Waals surface area (Å²) in [6.07, 6.45) is -4.79. The third-order valence-corrected chi connectivity index (χ3v) is 3.88. The molecule has 0 atom stereocenters. The van der Waals surface area contributed by atoms with Crippen LogP contribution >= 0.6 is 0 Å². The second kappa shape index (κ2) is 8.90. The molecule has 0 bridgehead atoms. The van der Waals surface area contributed by atoms with Crippen molar-refractivity contribution in [2.24, 2.45) is 0 Å². The highest BCUT2D eigenvalue weighted by molar-refractivity contribution is 5.94. The molecule has 1 saturated heterocycles.